The number of nitrogens with two attached hydrogens (primary N) is 1. The fraction of sp³-hybridized carbons (Fsp3) is 0.727. The third-order valence-electron chi connectivity index (χ3n) is 3.67. The number of likely N-dealkylation sites (N-methyl/N-ethyl adjacent to an activating group) is 1. The predicted octanol–water partition coefficient (Wildman–Crippen LogP) is -0.499. The first-order valence-electron chi connectivity index (χ1n) is 6.32. The molecule has 0 amide bonds. The highest BCUT2D eigenvalue weighted by molar-refractivity contribution is 7.89. The van der Waals surface area contributed by atoms with Crippen LogP contribution in [0.2, 0.25) is 0 Å². The van der Waals surface area contributed by atoms with Gasteiger partial charge in [0.05, 0.1) is 11.4 Å². The molecule has 0 radical (unpaired) electrons. The molecule has 0 aliphatic carbocycles. The number of rotatable bonds is 3. The van der Waals surface area contributed by atoms with Gasteiger partial charge in [-0.25, -0.2) is 8.42 Å². The van der Waals surface area contributed by atoms with Crippen molar-refractivity contribution in [3.8, 4) is 0 Å². The number of hydrogen-bond donors (Lipinski definition) is 2. The van der Waals surface area contributed by atoms with E-state index in [0.717, 1.165) is 6.54 Å². The third kappa shape index (κ3) is 2.53. The van der Waals surface area contributed by atoms with Crippen LogP contribution in [0.3, 0.4) is 0 Å². The van der Waals surface area contributed by atoms with Gasteiger partial charge < -0.3 is 10.6 Å². The van der Waals surface area contributed by atoms with E-state index in [1.807, 2.05) is 14.0 Å². The molecule has 1 atom stereocenters. The van der Waals surface area contributed by atoms with E-state index in [9.17, 15) is 8.42 Å². The Morgan fingerprint density at radius 3 is 2.74 bits per heavy atom. The Labute approximate surface area is 113 Å². The molecule has 1 saturated heterocycles. The van der Waals surface area contributed by atoms with Gasteiger partial charge in [0.25, 0.3) is 0 Å². The second kappa shape index (κ2) is 5.20. The number of sulfonamides is 1. The number of nitrogens with one attached hydrogen (secondary N) is 1. The zero-order chi connectivity index (χ0) is 14.2. The maximum atomic E-state index is 12.7. The third-order valence-corrected chi connectivity index (χ3v) is 5.74. The molecule has 1 fully saturated rings. The van der Waals surface area contributed by atoms with E-state index in [2.05, 4.69) is 15.1 Å². The summed E-state index contributed by atoms with van der Waals surface area (Å²) >= 11 is 0. The van der Waals surface area contributed by atoms with E-state index in [0.29, 0.717) is 24.5 Å². The zero-order valence-corrected chi connectivity index (χ0v) is 12.4. The zero-order valence-electron chi connectivity index (χ0n) is 11.5. The van der Waals surface area contributed by atoms with Crippen LogP contribution in [0, 0.1) is 6.92 Å². The molecule has 0 bridgehead atoms. The lowest BCUT2D eigenvalue weighted by Crippen LogP contribution is -2.52. The van der Waals surface area contributed by atoms with Gasteiger partial charge >= 0.3 is 0 Å². The minimum Gasteiger partial charge on any atom is -0.325 e. The summed E-state index contributed by atoms with van der Waals surface area (Å²) in [6.07, 6.45) is 0. The highest BCUT2D eigenvalue weighted by Gasteiger charge is 2.34. The Kier molecular flexibility index (Phi) is 3.95. The fourth-order valence-electron chi connectivity index (χ4n) is 2.31. The molecule has 0 spiro atoms. The maximum Gasteiger partial charge on any atom is 0.246 e. The predicted molar refractivity (Wildman–Crippen MR) is 72.1 cm³/mol. The van der Waals surface area contributed by atoms with E-state index in [-0.39, 0.29) is 17.5 Å². The lowest BCUT2D eigenvalue weighted by atomic mass is 10.2. The van der Waals surface area contributed by atoms with Crippen LogP contribution in [0.25, 0.3) is 0 Å². The lowest BCUT2D eigenvalue weighted by Gasteiger charge is -2.36. The minimum atomic E-state index is -3.52. The quantitative estimate of drug-likeness (QED) is 0.781. The minimum absolute atomic E-state index is 0.113. The molecule has 8 heteroatoms. The van der Waals surface area contributed by atoms with Crippen molar-refractivity contribution in [1.82, 2.24) is 19.4 Å². The van der Waals surface area contributed by atoms with Crippen molar-refractivity contribution in [2.24, 2.45) is 5.73 Å². The van der Waals surface area contributed by atoms with Gasteiger partial charge in [0, 0.05) is 32.2 Å². The normalized spacial score (nSPS) is 22.8. The number of H-pyrrole nitrogens is 1. The van der Waals surface area contributed by atoms with Crippen molar-refractivity contribution in [2.45, 2.75) is 31.3 Å². The van der Waals surface area contributed by atoms with Gasteiger partial charge in [-0.15, -0.1) is 0 Å². The summed E-state index contributed by atoms with van der Waals surface area (Å²) in [5.74, 6) is 0. The Morgan fingerprint density at radius 1 is 1.47 bits per heavy atom. The van der Waals surface area contributed by atoms with Crippen LogP contribution in [-0.2, 0) is 16.6 Å². The van der Waals surface area contributed by atoms with E-state index >= 15 is 0 Å². The van der Waals surface area contributed by atoms with Crippen LogP contribution in [0.15, 0.2) is 4.90 Å². The molecule has 0 aromatic carbocycles. The van der Waals surface area contributed by atoms with Gasteiger partial charge in [0.2, 0.25) is 10.0 Å². The Balaban J connectivity index is 2.35. The van der Waals surface area contributed by atoms with Crippen molar-refractivity contribution in [3.05, 3.63) is 11.4 Å². The highest BCUT2D eigenvalue weighted by atomic mass is 32.2. The molecule has 1 unspecified atom stereocenters. The van der Waals surface area contributed by atoms with Crippen molar-refractivity contribution in [1.29, 1.82) is 0 Å². The first kappa shape index (κ1) is 14.4. The van der Waals surface area contributed by atoms with E-state index in [1.54, 1.807) is 6.92 Å². The van der Waals surface area contributed by atoms with Crippen LogP contribution in [0.1, 0.15) is 18.3 Å². The average molecular weight is 287 g/mol. The van der Waals surface area contributed by atoms with Crippen molar-refractivity contribution in [3.63, 3.8) is 0 Å². The molecule has 2 heterocycles. The summed E-state index contributed by atoms with van der Waals surface area (Å²) in [5.41, 5.74) is 6.52. The number of aromatic nitrogens is 2. The second-order valence-corrected chi connectivity index (χ2v) is 6.90. The van der Waals surface area contributed by atoms with Gasteiger partial charge in [0.1, 0.15) is 4.90 Å². The van der Waals surface area contributed by atoms with E-state index < -0.39 is 10.0 Å². The maximum absolute atomic E-state index is 12.7. The molecule has 19 heavy (non-hydrogen) atoms. The summed E-state index contributed by atoms with van der Waals surface area (Å²) in [4.78, 5) is 2.39. The molecule has 1 aliphatic rings. The smallest absolute Gasteiger partial charge is 0.246 e. The van der Waals surface area contributed by atoms with Crippen LogP contribution in [0.4, 0.5) is 0 Å². The molecule has 1 aliphatic heterocycles. The summed E-state index contributed by atoms with van der Waals surface area (Å²) in [5, 5.41) is 6.67. The molecular formula is C11H21N5O2S. The molecule has 2 rings (SSSR count). The van der Waals surface area contributed by atoms with E-state index in [4.69, 9.17) is 5.73 Å². The van der Waals surface area contributed by atoms with Gasteiger partial charge in [0.15, 0.2) is 0 Å². The van der Waals surface area contributed by atoms with Crippen molar-refractivity contribution >= 4 is 10.0 Å². The first-order valence-corrected chi connectivity index (χ1v) is 7.76. The standard InChI is InChI=1S/C11H21N5O2S/c1-8-7-16(5-4-15(8)3)19(17,18)11-9(2)13-14-10(11)6-12/h8H,4-7,12H2,1-3H3,(H,13,14). The monoisotopic (exact) mass is 287 g/mol. The van der Waals surface area contributed by atoms with Crippen molar-refractivity contribution in [2.75, 3.05) is 26.7 Å². The Morgan fingerprint density at radius 2 is 2.16 bits per heavy atom. The molecule has 1 aromatic rings. The molecule has 1 aromatic heterocycles. The summed E-state index contributed by atoms with van der Waals surface area (Å²) < 4.78 is 26.9. The van der Waals surface area contributed by atoms with Crippen LogP contribution < -0.4 is 5.73 Å². The highest BCUT2D eigenvalue weighted by Crippen LogP contribution is 2.24. The molecular weight excluding hydrogens is 266 g/mol. The molecule has 7 nitrogen and oxygen atoms in total. The first-order chi connectivity index (χ1) is 8.87. The number of piperazine rings is 1. The van der Waals surface area contributed by atoms with Gasteiger partial charge in [-0.2, -0.15) is 9.40 Å². The van der Waals surface area contributed by atoms with Crippen LogP contribution in [-0.4, -0.2) is 60.5 Å². The second-order valence-electron chi connectivity index (χ2n) is 5.02. The summed E-state index contributed by atoms with van der Waals surface area (Å²) in [6.45, 7) is 5.56. The van der Waals surface area contributed by atoms with E-state index in [1.165, 1.54) is 4.31 Å². The number of nitrogens with zero attached hydrogens (tertiary/aromatic N) is 3. The largest absolute Gasteiger partial charge is 0.325 e. The van der Waals surface area contributed by atoms with Gasteiger partial charge in [-0.3, -0.25) is 5.10 Å². The molecule has 0 saturated carbocycles. The molecule has 108 valence electrons. The molecule has 3 N–H and O–H groups in total. The summed E-state index contributed by atoms with van der Waals surface area (Å²) in [7, 11) is -1.51. The topological polar surface area (TPSA) is 95.3 Å². The van der Waals surface area contributed by atoms with Crippen LogP contribution >= 0.6 is 0 Å². The van der Waals surface area contributed by atoms with Gasteiger partial charge in [-0.1, -0.05) is 0 Å². The lowest BCUT2D eigenvalue weighted by molar-refractivity contribution is 0.159. The SMILES string of the molecule is Cc1[nH]nc(CN)c1S(=O)(=O)N1CCN(C)C(C)C1. The average Bonchev–Trinajstić information content (AvgIpc) is 2.74. The Bertz CT molecular complexity index is 553. The van der Waals surface area contributed by atoms with Gasteiger partial charge in [-0.05, 0) is 20.9 Å². The van der Waals surface area contributed by atoms with Crippen molar-refractivity contribution < 1.29 is 8.42 Å². The number of aryl methyl sites for hydroxylation is 1. The fourth-order valence-corrected chi connectivity index (χ4v) is 4.16. The Hall–Kier alpha value is -0.960. The number of hydrogen-bond acceptors (Lipinski definition) is 5. The van der Waals surface area contributed by atoms with Crippen LogP contribution in [0.5, 0.6) is 0 Å². The number of aromatic amines is 1. The summed E-state index contributed by atoms with van der Waals surface area (Å²) in [6, 6.07) is 0.206.